The number of benzene rings is 2. The van der Waals surface area contributed by atoms with Crippen LogP contribution in [0.1, 0.15) is 18.7 Å². The molecule has 1 atom stereocenters. The lowest BCUT2D eigenvalue weighted by molar-refractivity contribution is -0.137. The zero-order valence-corrected chi connectivity index (χ0v) is 20.7. The first-order valence-corrected chi connectivity index (χ1v) is 12.5. The normalized spacial score (nSPS) is 19.1. The van der Waals surface area contributed by atoms with E-state index < -0.39 is 0 Å². The largest absolute Gasteiger partial charge is 0.495 e. The molecule has 8 nitrogen and oxygen atoms in total. The van der Waals surface area contributed by atoms with Crippen LogP contribution in [0.5, 0.6) is 5.75 Å². The first-order valence-electron chi connectivity index (χ1n) is 12.1. The highest BCUT2D eigenvalue weighted by Gasteiger charge is 2.32. The van der Waals surface area contributed by atoms with Crippen molar-refractivity contribution in [3.05, 3.63) is 59.4 Å². The molecule has 2 aromatic carbocycles. The number of carbonyl (C=O) groups excluding carboxylic acids is 1. The molecule has 0 N–H and O–H groups in total. The van der Waals surface area contributed by atoms with E-state index in [1.165, 1.54) is 0 Å². The number of hydrogen-bond donors (Lipinski definition) is 0. The summed E-state index contributed by atoms with van der Waals surface area (Å²) >= 11 is 6.08. The molecule has 9 heteroatoms. The monoisotopic (exact) mass is 495 g/mol. The number of piperidine rings is 1. The van der Waals surface area contributed by atoms with Gasteiger partial charge in [-0.2, -0.15) is 4.98 Å². The van der Waals surface area contributed by atoms with Gasteiger partial charge in [-0.05, 0) is 43.7 Å². The summed E-state index contributed by atoms with van der Waals surface area (Å²) in [5.41, 5.74) is 1.91. The molecule has 1 amide bonds. The quantitative estimate of drug-likeness (QED) is 0.512. The molecule has 2 fully saturated rings. The average Bonchev–Trinajstić information content (AvgIpc) is 3.37. The van der Waals surface area contributed by atoms with Gasteiger partial charge in [0.05, 0.1) is 25.3 Å². The number of hydrogen-bond acceptors (Lipinski definition) is 7. The molecular formula is C26H30ClN5O3. The predicted molar refractivity (Wildman–Crippen MR) is 135 cm³/mol. The van der Waals surface area contributed by atoms with Crippen LogP contribution >= 0.6 is 11.6 Å². The third kappa shape index (κ3) is 5.44. The highest BCUT2D eigenvalue weighted by Crippen LogP contribution is 2.29. The van der Waals surface area contributed by atoms with Crippen LogP contribution in [0.15, 0.2) is 53.1 Å². The minimum atomic E-state index is -0.00289. The fourth-order valence-electron chi connectivity index (χ4n) is 4.97. The van der Waals surface area contributed by atoms with Gasteiger partial charge in [0, 0.05) is 43.3 Å². The van der Waals surface area contributed by atoms with E-state index in [4.69, 9.17) is 20.9 Å². The fraction of sp³-hybridized carbons (Fsp3) is 0.423. The summed E-state index contributed by atoms with van der Waals surface area (Å²) in [6.07, 6.45) is 1.90. The highest BCUT2D eigenvalue weighted by atomic mass is 35.5. The van der Waals surface area contributed by atoms with Gasteiger partial charge >= 0.3 is 0 Å². The lowest BCUT2D eigenvalue weighted by Gasteiger charge is -2.39. The van der Waals surface area contributed by atoms with Crippen molar-refractivity contribution in [1.82, 2.24) is 19.9 Å². The number of piperazine rings is 1. The highest BCUT2D eigenvalue weighted by molar-refractivity contribution is 6.30. The topological polar surface area (TPSA) is 74.9 Å². The van der Waals surface area contributed by atoms with Gasteiger partial charge in [0.25, 0.3) is 0 Å². The number of likely N-dealkylation sites (tertiary alicyclic amines) is 1. The van der Waals surface area contributed by atoms with Crippen LogP contribution in [0.25, 0.3) is 11.4 Å². The Morgan fingerprint density at radius 3 is 2.74 bits per heavy atom. The van der Waals surface area contributed by atoms with Crippen molar-refractivity contribution in [3.63, 3.8) is 0 Å². The standard InChI is InChI=1S/C26H30ClN5O3/c1-34-23-10-3-2-9-22(23)31-12-14-32(15-13-31)26(33)20-7-5-11-30(17-20)18-24-28-25(29-35-24)19-6-4-8-21(27)16-19/h2-4,6,8-10,16,20H,5,7,11-15,17-18H2,1H3. The molecule has 0 bridgehead atoms. The summed E-state index contributed by atoms with van der Waals surface area (Å²) in [4.78, 5) is 24.4. The van der Waals surface area contributed by atoms with Crippen LogP contribution in [0.3, 0.4) is 0 Å². The smallest absolute Gasteiger partial charge is 0.241 e. The lowest BCUT2D eigenvalue weighted by atomic mass is 9.96. The molecule has 0 radical (unpaired) electrons. The van der Waals surface area contributed by atoms with E-state index >= 15 is 0 Å². The minimum absolute atomic E-state index is 0.00289. The maximum Gasteiger partial charge on any atom is 0.241 e. The summed E-state index contributed by atoms with van der Waals surface area (Å²) in [5.74, 6) is 2.20. The van der Waals surface area contributed by atoms with Crippen LogP contribution in [0.2, 0.25) is 5.02 Å². The van der Waals surface area contributed by atoms with Gasteiger partial charge in [0.2, 0.25) is 17.6 Å². The Labute approximate surface area is 210 Å². The maximum absolute atomic E-state index is 13.3. The number of nitrogens with zero attached hydrogens (tertiary/aromatic N) is 5. The van der Waals surface area contributed by atoms with E-state index in [1.807, 2.05) is 47.4 Å². The number of ether oxygens (including phenoxy) is 1. The van der Waals surface area contributed by atoms with Gasteiger partial charge in [-0.1, -0.05) is 41.0 Å². The molecule has 0 aliphatic carbocycles. The number of aromatic nitrogens is 2. The molecule has 0 saturated carbocycles. The van der Waals surface area contributed by atoms with E-state index in [9.17, 15) is 4.79 Å². The molecule has 0 spiro atoms. The Morgan fingerprint density at radius 1 is 1.11 bits per heavy atom. The zero-order valence-electron chi connectivity index (χ0n) is 19.9. The molecule has 3 heterocycles. The second kappa shape index (κ2) is 10.7. The number of amides is 1. The van der Waals surface area contributed by atoms with Crippen molar-refractivity contribution in [2.75, 3.05) is 51.3 Å². The van der Waals surface area contributed by atoms with Gasteiger partial charge < -0.3 is 19.1 Å². The molecule has 3 aromatic rings. The summed E-state index contributed by atoms with van der Waals surface area (Å²) in [6.45, 7) is 5.22. The van der Waals surface area contributed by atoms with Crippen molar-refractivity contribution in [2.24, 2.45) is 5.92 Å². The van der Waals surface area contributed by atoms with Gasteiger partial charge in [0.1, 0.15) is 5.75 Å². The predicted octanol–water partition coefficient (Wildman–Crippen LogP) is 3.96. The Balaban J connectivity index is 1.16. The van der Waals surface area contributed by atoms with Crippen LogP contribution in [0, 0.1) is 5.92 Å². The van der Waals surface area contributed by atoms with Gasteiger partial charge in [0.15, 0.2) is 0 Å². The third-order valence-corrected chi connectivity index (χ3v) is 7.02. The van der Waals surface area contributed by atoms with Crippen molar-refractivity contribution in [3.8, 4) is 17.1 Å². The van der Waals surface area contributed by atoms with Gasteiger partial charge in [-0.25, -0.2) is 0 Å². The van der Waals surface area contributed by atoms with Crippen LogP contribution in [-0.4, -0.2) is 72.2 Å². The summed E-state index contributed by atoms with van der Waals surface area (Å²) in [6, 6.07) is 15.5. The summed E-state index contributed by atoms with van der Waals surface area (Å²) in [5, 5.41) is 4.74. The Kier molecular flexibility index (Phi) is 7.20. The van der Waals surface area contributed by atoms with Crippen molar-refractivity contribution < 1.29 is 14.1 Å². The van der Waals surface area contributed by atoms with Crippen LogP contribution < -0.4 is 9.64 Å². The second-order valence-corrected chi connectivity index (χ2v) is 9.52. The number of methoxy groups -OCH3 is 1. The van der Waals surface area contributed by atoms with E-state index in [2.05, 4.69) is 26.0 Å². The van der Waals surface area contributed by atoms with Crippen molar-refractivity contribution >= 4 is 23.2 Å². The van der Waals surface area contributed by atoms with E-state index in [0.717, 1.165) is 62.6 Å². The molecule has 184 valence electrons. The Morgan fingerprint density at radius 2 is 1.94 bits per heavy atom. The van der Waals surface area contributed by atoms with E-state index in [0.29, 0.717) is 29.8 Å². The molecule has 2 aliphatic heterocycles. The lowest BCUT2D eigenvalue weighted by Crippen LogP contribution is -2.52. The first-order chi connectivity index (χ1) is 17.1. The molecule has 2 saturated heterocycles. The summed E-state index contributed by atoms with van der Waals surface area (Å²) < 4.78 is 11.0. The average molecular weight is 496 g/mol. The number of carbonyl (C=O) groups is 1. The van der Waals surface area contributed by atoms with Gasteiger partial charge in [-0.15, -0.1) is 0 Å². The van der Waals surface area contributed by atoms with E-state index in [-0.39, 0.29) is 11.8 Å². The van der Waals surface area contributed by atoms with Crippen molar-refractivity contribution in [1.29, 1.82) is 0 Å². The molecule has 1 aromatic heterocycles. The Hall–Kier alpha value is -3.10. The van der Waals surface area contributed by atoms with Gasteiger partial charge in [-0.3, -0.25) is 9.69 Å². The number of para-hydroxylation sites is 2. The number of rotatable bonds is 6. The number of anilines is 1. The minimum Gasteiger partial charge on any atom is -0.495 e. The van der Waals surface area contributed by atoms with E-state index in [1.54, 1.807) is 7.11 Å². The second-order valence-electron chi connectivity index (χ2n) is 9.08. The molecular weight excluding hydrogens is 466 g/mol. The van der Waals surface area contributed by atoms with Crippen LogP contribution in [0.4, 0.5) is 5.69 Å². The zero-order chi connectivity index (χ0) is 24.2. The van der Waals surface area contributed by atoms with Crippen molar-refractivity contribution in [2.45, 2.75) is 19.4 Å². The maximum atomic E-state index is 13.3. The molecule has 5 rings (SSSR count). The first kappa shape index (κ1) is 23.6. The summed E-state index contributed by atoms with van der Waals surface area (Å²) in [7, 11) is 1.69. The molecule has 35 heavy (non-hydrogen) atoms. The Bertz CT molecular complexity index is 1160. The molecule has 2 aliphatic rings. The SMILES string of the molecule is COc1ccccc1N1CCN(C(=O)C2CCCN(Cc3nc(-c4cccc(Cl)c4)no3)C2)CC1. The van der Waals surface area contributed by atoms with Crippen LogP contribution in [-0.2, 0) is 11.3 Å². The molecule has 1 unspecified atom stereocenters. The third-order valence-electron chi connectivity index (χ3n) is 6.78. The number of halogens is 1. The fourth-order valence-corrected chi connectivity index (χ4v) is 5.16.